The summed E-state index contributed by atoms with van der Waals surface area (Å²) in [6.07, 6.45) is 0. The monoisotopic (exact) mass is 249 g/mol. The largest absolute Gasteiger partial charge is 0.493 e. The highest BCUT2D eigenvalue weighted by Crippen LogP contribution is 2.26. The molecule has 2 aromatic rings. The summed E-state index contributed by atoms with van der Waals surface area (Å²) in [6.45, 7) is 1.96. The Kier molecular flexibility index (Phi) is 3.78. The average Bonchev–Trinajstić information content (AvgIpc) is 2.85. The van der Waals surface area contributed by atoms with Crippen LogP contribution in [0.2, 0.25) is 0 Å². The van der Waals surface area contributed by atoms with Gasteiger partial charge in [0.05, 0.1) is 13.2 Å². The molecule has 0 bridgehead atoms. The Morgan fingerprint density at radius 2 is 2.00 bits per heavy atom. The van der Waals surface area contributed by atoms with Crippen molar-refractivity contribution in [1.82, 2.24) is 10.2 Å². The number of benzene rings is 1. The number of nitrogens with two attached hydrogens (primary N) is 1. The molecule has 96 valence electrons. The molecular weight excluding hydrogens is 234 g/mol. The molecule has 0 aliphatic rings. The molecule has 6 nitrogen and oxygen atoms in total. The van der Waals surface area contributed by atoms with Gasteiger partial charge in [-0.15, -0.1) is 10.2 Å². The van der Waals surface area contributed by atoms with Crippen LogP contribution in [0.3, 0.4) is 0 Å². The molecule has 0 saturated heterocycles. The van der Waals surface area contributed by atoms with Crippen molar-refractivity contribution in [3.05, 3.63) is 36.0 Å². The zero-order chi connectivity index (χ0) is 13.0. The van der Waals surface area contributed by atoms with Crippen molar-refractivity contribution in [1.29, 1.82) is 0 Å². The van der Waals surface area contributed by atoms with Crippen LogP contribution in [0.5, 0.6) is 11.5 Å². The molecule has 0 aliphatic heterocycles. The molecule has 0 amide bonds. The normalized spacial score (nSPS) is 12.2. The van der Waals surface area contributed by atoms with Crippen LogP contribution in [0.4, 0.5) is 0 Å². The molecule has 6 heteroatoms. The maximum absolute atomic E-state index is 5.62. The van der Waals surface area contributed by atoms with E-state index in [-0.39, 0.29) is 12.6 Å². The average molecular weight is 249 g/mol. The Morgan fingerprint density at radius 1 is 1.28 bits per heavy atom. The number of aromatic nitrogens is 2. The van der Waals surface area contributed by atoms with Crippen LogP contribution in [0, 0.1) is 0 Å². The van der Waals surface area contributed by atoms with Gasteiger partial charge in [0.1, 0.15) is 0 Å². The molecule has 1 aromatic heterocycles. The number of hydrogen-bond donors (Lipinski definition) is 1. The van der Waals surface area contributed by atoms with Gasteiger partial charge in [-0.3, -0.25) is 0 Å². The summed E-state index contributed by atoms with van der Waals surface area (Å²) in [5.41, 5.74) is 5.62. The number of para-hydroxylation sites is 2. The molecule has 0 radical (unpaired) electrons. The van der Waals surface area contributed by atoms with Gasteiger partial charge in [0, 0.05) is 0 Å². The molecule has 1 unspecified atom stereocenters. The van der Waals surface area contributed by atoms with Crippen LogP contribution in [0.25, 0.3) is 0 Å². The lowest BCUT2D eigenvalue weighted by Gasteiger charge is -2.08. The molecule has 18 heavy (non-hydrogen) atoms. The van der Waals surface area contributed by atoms with Crippen LogP contribution in [-0.4, -0.2) is 17.3 Å². The molecule has 1 heterocycles. The summed E-state index contributed by atoms with van der Waals surface area (Å²) < 4.78 is 16.0. The van der Waals surface area contributed by atoms with E-state index in [0.717, 1.165) is 0 Å². The van der Waals surface area contributed by atoms with E-state index in [0.29, 0.717) is 23.3 Å². The minimum atomic E-state index is -0.280. The Bertz CT molecular complexity index is 511. The van der Waals surface area contributed by atoms with Gasteiger partial charge < -0.3 is 19.6 Å². The smallest absolute Gasteiger partial charge is 0.253 e. The van der Waals surface area contributed by atoms with Gasteiger partial charge >= 0.3 is 0 Å². The van der Waals surface area contributed by atoms with Gasteiger partial charge in [-0.25, -0.2) is 0 Å². The third-order valence-corrected chi connectivity index (χ3v) is 2.29. The highest BCUT2D eigenvalue weighted by molar-refractivity contribution is 5.39. The van der Waals surface area contributed by atoms with Gasteiger partial charge in [-0.1, -0.05) is 12.1 Å². The first kappa shape index (κ1) is 12.4. The molecule has 0 fully saturated rings. The fraction of sp³-hybridized carbons (Fsp3) is 0.333. The standard InChI is InChI=1S/C12H15N3O3/c1-8(13)12-15-14-11(18-12)7-17-10-6-4-3-5-9(10)16-2/h3-6,8H,7,13H2,1-2H3. The predicted octanol–water partition coefficient (Wildman–Crippen LogP) is 1.68. The molecule has 2 N–H and O–H groups in total. The van der Waals surface area contributed by atoms with Gasteiger partial charge in [-0.05, 0) is 19.1 Å². The first-order chi connectivity index (χ1) is 8.70. The van der Waals surface area contributed by atoms with E-state index in [4.69, 9.17) is 19.6 Å². The van der Waals surface area contributed by atoms with Crippen molar-refractivity contribution >= 4 is 0 Å². The topological polar surface area (TPSA) is 83.4 Å². The number of rotatable bonds is 5. The summed E-state index contributed by atoms with van der Waals surface area (Å²) >= 11 is 0. The van der Waals surface area contributed by atoms with Crippen molar-refractivity contribution in [2.45, 2.75) is 19.6 Å². The van der Waals surface area contributed by atoms with Crippen LogP contribution in [0.15, 0.2) is 28.7 Å². The van der Waals surface area contributed by atoms with E-state index in [1.807, 2.05) is 24.3 Å². The Labute approximate surface area is 105 Å². The third kappa shape index (κ3) is 2.78. The quantitative estimate of drug-likeness (QED) is 0.867. The van der Waals surface area contributed by atoms with Crippen LogP contribution in [-0.2, 0) is 6.61 Å². The molecule has 0 aliphatic carbocycles. The minimum absolute atomic E-state index is 0.181. The Morgan fingerprint density at radius 3 is 2.61 bits per heavy atom. The number of methoxy groups -OCH3 is 1. The summed E-state index contributed by atoms with van der Waals surface area (Å²) in [6, 6.07) is 7.07. The molecule has 1 aromatic carbocycles. The Hall–Kier alpha value is -2.08. The lowest BCUT2D eigenvalue weighted by molar-refractivity contribution is 0.245. The second-order valence-corrected chi connectivity index (χ2v) is 3.76. The third-order valence-electron chi connectivity index (χ3n) is 2.29. The predicted molar refractivity (Wildman–Crippen MR) is 64.2 cm³/mol. The number of nitrogens with zero attached hydrogens (tertiary/aromatic N) is 2. The molecule has 0 saturated carbocycles. The van der Waals surface area contributed by atoms with Crippen molar-refractivity contribution in [2.24, 2.45) is 5.73 Å². The van der Waals surface area contributed by atoms with Gasteiger partial charge in [-0.2, -0.15) is 0 Å². The zero-order valence-corrected chi connectivity index (χ0v) is 10.3. The summed E-state index contributed by atoms with van der Waals surface area (Å²) in [5.74, 6) is 2.06. The first-order valence-electron chi connectivity index (χ1n) is 5.54. The molecular formula is C12H15N3O3. The van der Waals surface area contributed by atoms with E-state index >= 15 is 0 Å². The maximum Gasteiger partial charge on any atom is 0.253 e. The van der Waals surface area contributed by atoms with Crippen LogP contribution < -0.4 is 15.2 Å². The van der Waals surface area contributed by atoms with Crippen molar-refractivity contribution in [3.63, 3.8) is 0 Å². The highest BCUT2D eigenvalue weighted by Gasteiger charge is 2.11. The summed E-state index contributed by atoms with van der Waals surface area (Å²) in [7, 11) is 1.59. The zero-order valence-electron chi connectivity index (χ0n) is 10.3. The van der Waals surface area contributed by atoms with Gasteiger partial charge in [0.15, 0.2) is 18.1 Å². The van der Waals surface area contributed by atoms with Gasteiger partial charge in [0.25, 0.3) is 5.89 Å². The molecule has 1 atom stereocenters. The second-order valence-electron chi connectivity index (χ2n) is 3.76. The first-order valence-corrected chi connectivity index (χ1v) is 5.54. The van der Waals surface area contributed by atoms with Crippen molar-refractivity contribution in [3.8, 4) is 11.5 Å². The van der Waals surface area contributed by atoms with Crippen molar-refractivity contribution in [2.75, 3.05) is 7.11 Å². The van der Waals surface area contributed by atoms with E-state index in [1.54, 1.807) is 14.0 Å². The second kappa shape index (κ2) is 5.50. The van der Waals surface area contributed by atoms with E-state index in [9.17, 15) is 0 Å². The molecule has 2 rings (SSSR count). The van der Waals surface area contributed by atoms with E-state index in [1.165, 1.54) is 0 Å². The lowest BCUT2D eigenvalue weighted by atomic mass is 10.3. The summed E-state index contributed by atoms with van der Waals surface area (Å²) in [4.78, 5) is 0. The number of ether oxygens (including phenoxy) is 2. The SMILES string of the molecule is COc1ccccc1OCc1nnc(C(C)N)o1. The minimum Gasteiger partial charge on any atom is -0.493 e. The summed E-state index contributed by atoms with van der Waals surface area (Å²) in [5, 5.41) is 7.66. The van der Waals surface area contributed by atoms with E-state index in [2.05, 4.69) is 10.2 Å². The highest BCUT2D eigenvalue weighted by atomic mass is 16.5. The van der Waals surface area contributed by atoms with Crippen LogP contribution in [0.1, 0.15) is 24.7 Å². The lowest BCUT2D eigenvalue weighted by Crippen LogP contribution is -2.04. The maximum atomic E-state index is 5.62. The molecule has 0 spiro atoms. The van der Waals surface area contributed by atoms with Crippen molar-refractivity contribution < 1.29 is 13.9 Å². The van der Waals surface area contributed by atoms with E-state index < -0.39 is 0 Å². The fourth-order valence-corrected chi connectivity index (χ4v) is 1.39. The van der Waals surface area contributed by atoms with Gasteiger partial charge in [0.2, 0.25) is 5.89 Å². The number of hydrogen-bond acceptors (Lipinski definition) is 6. The van der Waals surface area contributed by atoms with Crippen LogP contribution >= 0.6 is 0 Å². The Balaban J connectivity index is 2.02. The fourth-order valence-electron chi connectivity index (χ4n) is 1.39.